The number of aromatic nitrogens is 3. The summed E-state index contributed by atoms with van der Waals surface area (Å²) in [5.74, 6) is 0.137. The zero-order valence-corrected chi connectivity index (χ0v) is 14.5. The van der Waals surface area contributed by atoms with E-state index in [1.54, 1.807) is 11.5 Å². The third-order valence-corrected chi connectivity index (χ3v) is 4.72. The number of nitrogens with zero attached hydrogens (tertiary/aromatic N) is 4. The fourth-order valence-corrected chi connectivity index (χ4v) is 3.12. The van der Waals surface area contributed by atoms with Gasteiger partial charge in [-0.2, -0.15) is 0 Å². The second-order valence-electron chi connectivity index (χ2n) is 6.32. The number of hydrogen-bond acceptors (Lipinski definition) is 4. The summed E-state index contributed by atoms with van der Waals surface area (Å²) >= 11 is 0. The van der Waals surface area contributed by atoms with E-state index >= 15 is 0 Å². The van der Waals surface area contributed by atoms with E-state index in [2.05, 4.69) is 29.3 Å². The van der Waals surface area contributed by atoms with Crippen molar-refractivity contribution >= 4 is 11.9 Å². The lowest BCUT2D eigenvalue weighted by molar-refractivity contribution is -0.152. The molecule has 0 spiro atoms. The Morgan fingerprint density at radius 1 is 1.20 bits per heavy atom. The Kier molecular flexibility index (Phi) is 4.83. The molecule has 2 heterocycles. The highest BCUT2D eigenvalue weighted by molar-refractivity contribution is 5.84. The number of fused-ring (bicyclic) bond motifs is 1. The van der Waals surface area contributed by atoms with E-state index in [-0.39, 0.29) is 25.4 Å². The molecule has 7 heteroatoms. The molecule has 0 fully saturated rings. The second kappa shape index (κ2) is 7.04. The number of aliphatic carboxylic acids is 1. The van der Waals surface area contributed by atoms with E-state index in [1.165, 1.54) is 10.5 Å². The standard InChI is InChI=1S/C18H22N4O3/c1-3-13-4-6-14(7-5-13)8-9-17(23)22-11-16-20-19-12(2)21(16)10-15(22)18(24)25/h4-7,15H,3,8-11H2,1-2H3,(H,24,25). The molecular formula is C18H22N4O3. The van der Waals surface area contributed by atoms with E-state index in [0.29, 0.717) is 18.1 Å². The van der Waals surface area contributed by atoms with E-state index in [0.717, 1.165) is 12.0 Å². The van der Waals surface area contributed by atoms with Crippen molar-refractivity contribution in [1.82, 2.24) is 19.7 Å². The van der Waals surface area contributed by atoms with Crippen molar-refractivity contribution in [2.24, 2.45) is 0 Å². The summed E-state index contributed by atoms with van der Waals surface area (Å²) in [6.07, 6.45) is 1.85. The maximum Gasteiger partial charge on any atom is 0.328 e. The lowest BCUT2D eigenvalue weighted by Crippen LogP contribution is -2.50. The maximum absolute atomic E-state index is 12.6. The van der Waals surface area contributed by atoms with Gasteiger partial charge in [-0.25, -0.2) is 4.79 Å². The molecule has 7 nitrogen and oxygen atoms in total. The van der Waals surface area contributed by atoms with Gasteiger partial charge in [-0.05, 0) is 30.9 Å². The van der Waals surface area contributed by atoms with Crippen LogP contribution in [0.3, 0.4) is 0 Å². The predicted molar refractivity (Wildman–Crippen MR) is 90.9 cm³/mol. The quantitative estimate of drug-likeness (QED) is 0.891. The van der Waals surface area contributed by atoms with Gasteiger partial charge in [0.2, 0.25) is 5.91 Å². The van der Waals surface area contributed by atoms with Gasteiger partial charge in [0.05, 0.1) is 13.1 Å². The molecule has 0 saturated heterocycles. The number of rotatable bonds is 5. The molecule has 0 bridgehead atoms. The molecule has 0 aliphatic carbocycles. The first kappa shape index (κ1) is 17.1. The van der Waals surface area contributed by atoms with Crippen LogP contribution in [0.5, 0.6) is 0 Å². The molecule has 1 aliphatic rings. The van der Waals surface area contributed by atoms with Gasteiger partial charge in [-0.1, -0.05) is 31.2 Å². The van der Waals surface area contributed by atoms with Crippen molar-refractivity contribution in [2.75, 3.05) is 0 Å². The van der Waals surface area contributed by atoms with Crippen LogP contribution in [0, 0.1) is 6.92 Å². The highest BCUT2D eigenvalue weighted by Crippen LogP contribution is 2.19. The van der Waals surface area contributed by atoms with Crippen LogP contribution < -0.4 is 0 Å². The van der Waals surface area contributed by atoms with E-state index in [9.17, 15) is 14.7 Å². The van der Waals surface area contributed by atoms with E-state index in [4.69, 9.17) is 0 Å². The number of hydrogen-bond donors (Lipinski definition) is 1. The molecule has 1 amide bonds. The van der Waals surface area contributed by atoms with Gasteiger partial charge in [0.25, 0.3) is 0 Å². The smallest absolute Gasteiger partial charge is 0.328 e. The summed E-state index contributed by atoms with van der Waals surface area (Å²) in [6, 6.07) is 7.29. The van der Waals surface area contributed by atoms with E-state index < -0.39 is 12.0 Å². The minimum atomic E-state index is -1.00. The van der Waals surface area contributed by atoms with Gasteiger partial charge in [0.1, 0.15) is 11.9 Å². The Morgan fingerprint density at radius 2 is 1.88 bits per heavy atom. The van der Waals surface area contributed by atoms with Crippen molar-refractivity contribution in [3.05, 3.63) is 47.0 Å². The van der Waals surface area contributed by atoms with Gasteiger partial charge >= 0.3 is 5.97 Å². The van der Waals surface area contributed by atoms with Gasteiger partial charge in [0, 0.05) is 6.42 Å². The van der Waals surface area contributed by atoms with E-state index in [1.807, 2.05) is 12.1 Å². The van der Waals surface area contributed by atoms with Crippen molar-refractivity contribution < 1.29 is 14.7 Å². The van der Waals surface area contributed by atoms with Crippen LogP contribution >= 0.6 is 0 Å². The summed E-state index contributed by atoms with van der Waals surface area (Å²) in [7, 11) is 0. The molecule has 25 heavy (non-hydrogen) atoms. The van der Waals surface area contributed by atoms with Gasteiger partial charge < -0.3 is 14.6 Å². The predicted octanol–water partition coefficient (Wildman–Crippen LogP) is 1.58. The molecule has 1 N–H and O–H groups in total. The first-order chi connectivity index (χ1) is 12.0. The number of carboxylic acids is 1. The molecule has 1 atom stereocenters. The second-order valence-corrected chi connectivity index (χ2v) is 6.32. The van der Waals surface area contributed by atoms with Gasteiger partial charge in [0.15, 0.2) is 5.82 Å². The first-order valence-electron chi connectivity index (χ1n) is 8.48. The zero-order valence-electron chi connectivity index (χ0n) is 14.5. The minimum Gasteiger partial charge on any atom is -0.480 e. The molecule has 0 saturated carbocycles. The lowest BCUT2D eigenvalue weighted by Gasteiger charge is -2.33. The Bertz CT molecular complexity index is 782. The van der Waals surface area contributed by atoms with Crippen LogP contribution in [0.4, 0.5) is 0 Å². The number of carboxylic acid groups (broad SMARTS) is 1. The molecule has 1 unspecified atom stereocenters. The third-order valence-electron chi connectivity index (χ3n) is 4.72. The van der Waals surface area contributed by atoms with Crippen LogP contribution in [0.2, 0.25) is 0 Å². The summed E-state index contributed by atoms with van der Waals surface area (Å²) in [5, 5.41) is 17.5. The largest absolute Gasteiger partial charge is 0.480 e. The highest BCUT2D eigenvalue weighted by Gasteiger charge is 2.35. The summed E-state index contributed by atoms with van der Waals surface area (Å²) in [5.41, 5.74) is 2.33. The Hall–Kier alpha value is -2.70. The van der Waals surface area contributed by atoms with Gasteiger partial charge in [-0.15, -0.1) is 10.2 Å². The number of amides is 1. The average molecular weight is 342 g/mol. The molecule has 1 aliphatic heterocycles. The third kappa shape index (κ3) is 3.55. The maximum atomic E-state index is 12.6. The number of aryl methyl sites for hydroxylation is 3. The topological polar surface area (TPSA) is 88.3 Å². The fourth-order valence-electron chi connectivity index (χ4n) is 3.12. The number of benzene rings is 1. The number of carbonyl (C=O) groups excluding carboxylic acids is 1. The molecule has 3 rings (SSSR count). The minimum absolute atomic E-state index is 0.168. The highest BCUT2D eigenvalue weighted by atomic mass is 16.4. The van der Waals surface area contributed by atoms with Crippen LogP contribution in [-0.2, 0) is 35.5 Å². The van der Waals surface area contributed by atoms with Crippen LogP contribution in [0.25, 0.3) is 0 Å². The lowest BCUT2D eigenvalue weighted by atomic mass is 10.0. The summed E-state index contributed by atoms with van der Waals surface area (Å²) < 4.78 is 1.77. The Balaban J connectivity index is 1.70. The molecule has 1 aromatic carbocycles. The molecule has 0 radical (unpaired) electrons. The van der Waals surface area contributed by atoms with Crippen molar-refractivity contribution in [3.8, 4) is 0 Å². The van der Waals surface area contributed by atoms with Crippen molar-refractivity contribution in [3.63, 3.8) is 0 Å². The molecule has 2 aromatic rings. The van der Waals surface area contributed by atoms with Crippen LogP contribution in [-0.4, -0.2) is 42.7 Å². The molecular weight excluding hydrogens is 320 g/mol. The summed E-state index contributed by atoms with van der Waals surface area (Å²) in [6.45, 7) is 4.26. The Morgan fingerprint density at radius 3 is 2.52 bits per heavy atom. The van der Waals surface area contributed by atoms with Gasteiger partial charge in [-0.3, -0.25) is 4.79 Å². The SMILES string of the molecule is CCc1ccc(CCC(=O)N2Cc3nnc(C)n3CC2C(=O)O)cc1. The van der Waals surface area contributed by atoms with Crippen LogP contribution in [0.1, 0.15) is 36.1 Å². The summed E-state index contributed by atoms with van der Waals surface area (Å²) in [4.78, 5) is 25.6. The molecule has 132 valence electrons. The molecule has 1 aromatic heterocycles. The normalized spacial score (nSPS) is 16.6. The van der Waals surface area contributed by atoms with Crippen molar-refractivity contribution in [1.29, 1.82) is 0 Å². The monoisotopic (exact) mass is 342 g/mol. The fraction of sp³-hybridized carbons (Fsp3) is 0.444. The Labute approximate surface area is 146 Å². The zero-order chi connectivity index (χ0) is 18.0. The van der Waals surface area contributed by atoms with Crippen LogP contribution in [0.15, 0.2) is 24.3 Å². The van der Waals surface area contributed by atoms with Crippen molar-refractivity contribution in [2.45, 2.75) is 52.2 Å². The average Bonchev–Trinajstić information content (AvgIpc) is 2.99. The first-order valence-corrected chi connectivity index (χ1v) is 8.48. The number of carbonyl (C=O) groups is 2.